The maximum Gasteiger partial charge on any atom is 0.258 e. The van der Waals surface area contributed by atoms with E-state index in [9.17, 15) is 9.18 Å². The van der Waals surface area contributed by atoms with Crippen molar-refractivity contribution in [3.05, 3.63) is 89.7 Å². The third-order valence-electron chi connectivity index (χ3n) is 5.50. The zero-order chi connectivity index (χ0) is 22.7. The zero-order valence-electron chi connectivity index (χ0n) is 18.5. The van der Waals surface area contributed by atoms with Gasteiger partial charge in [-0.05, 0) is 62.1 Å². The summed E-state index contributed by atoms with van der Waals surface area (Å²) in [6, 6.07) is 22.2. The van der Waals surface area contributed by atoms with E-state index in [1.807, 2.05) is 42.5 Å². The molecule has 0 radical (unpaired) electrons. The summed E-state index contributed by atoms with van der Waals surface area (Å²) >= 11 is 0. The van der Waals surface area contributed by atoms with Gasteiger partial charge in [0.25, 0.3) is 5.91 Å². The van der Waals surface area contributed by atoms with Gasteiger partial charge in [-0.25, -0.2) is 4.39 Å². The molecule has 0 spiro atoms. The number of amides is 1. The van der Waals surface area contributed by atoms with Gasteiger partial charge in [-0.2, -0.15) is 0 Å². The molecule has 0 unspecified atom stereocenters. The van der Waals surface area contributed by atoms with Crippen LogP contribution in [0.25, 0.3) is 11.3 Å². The summed E-state index contributed by atoms with van der Waals surface area (Å²) < 4.78 is 13.7. The number of likely N-dealkylation sites (N-methyl/N-ethyl adjacent to an activating group) is 2. The molecule has 1 amide bonds. The largest absolute Gasteiger partial charge is 0.373 e. The molecule has 0 fully saturated rings. The molecule has 2 N–H and O–H groups in total. The van der Waals surface area contributed by atoms with Crippen LogP contribution >= 0.6 is 0 Å². The number of carbonyl (C=O) groups is 1. The summed E-state index contributed by atoms with van der Waals surface area (Å²) in [7, 11) is 6.19. The van der Waals surface area contributed by atoms with E-state index in [0.717, 1.165) is 30.0 Å². The van der Waals surface area contributed by atoms with Crippen molar-refractivity contribution in [2.75, 3.05) is 49.8 Å². The van der Waals surface area contributed by atoms with Crippen LogP contribution in [0.15, 0.2) is 72.8 Å². The molecule has 1 heterocycles. The van der Waals surface area contributed by atoms with Crippen LogP contribution in [0, 0.1) is 5.82 Å². The summed E-state index contributed by atoms with van der Waals surface area (Å²) in [5, 5.41) is 6.22. The van der Waals surface area contributed by atoms with Crippen LogP contribution in [-0.4, -0.2) is 45.0 Å². The van der Waals surface area contributed by atoms with Gasteiger partial charge in [0.05, 0.1) is 17.0 Å². The normalized spacial score (nSPS) is 14.2. The topological polar surface area (TPSA) is 47.6 Å². The Morgan fingerprint density at radius 3 is 2.34 bits per heavy atom. The maximum absolute atomic E-state index is 13.7. The van der Waals surface area contributed by atoms with Gasteiger partial charge in [0.15, 0.2) is 0 Å². The molecular weight excluding hydrogens is 403 g/mol. The minimum absolute atomic E-state index is 0.253. The standard InChI is InChI=1S/C26H27FN4O/c1-30(2)15-16-31(3)21-12-10-20(11-13-21)28-25(18-7-5-4-6-8-18)24-22-14-9-19(27)17-23(22)29-26(24)32/h4-14,17,28H,15-16H2,1-3H3,(H,29,32)/b25-24-. The maximum atomic E-state index is 13.7. The Kier molecular flexibility index (Phi) is 6.23. The van der Waals surface area contributed by atoms with Crippen LogP contribution in [0.1, 0.15) is 11.1 Å². The van der Waals surface area contributed by atoms with Gasteiger partial charge in [-0.3, -0.25) is 4.79 Å². The van der Waals surface area contributed by atoms with Gasteiger partial charge in [-0.15, -0.1) is 0 Å². The fourth-order valence-electron chi connectivity index (χ4n) is 3.70. The molecule has 1 aliphatic heterocycles. The molecule has 164 valence electrons. The molecule has 4 rings (SSSR count). The molecule has 1 aliphatic rings. The summed E-state index contributed by atoms with van der Waals surface area (Å²) in [6.45, 7) is 1.89. The second kappa shape index (κ2) is 9.24. The first-order valence-electron chi connectivity index (χ1n) is 10.6. The van der Waals surface area contributed by atoms with E-state index in [4.69, 9.17) is 0 Å². The predicted octanol–water partition coefficient (Wildman–Crippen LogP) is 4.76. The van der Waals surface area contributed by atoms with E-state index >= 15 is 0 Å². The number of nitrogens with zero attached hydrogens (tertiary/aromatic N) is 2. The molecule has 32 heavy (non-hydrogen) atoms. The van der Waals surface area contributed by atoms with E-state index in [1.54, 1.807) is 6.07 Å². The summed E-state index contributed by atoms with van der Waals surface area (Å²) in [6.07, 6.45) is 0. The van der Waals surface area contributed by atoms with E-state index in [0.29, 0.717) is 22.5 Å². The highest BCUT2D eigenvalue weighted by Gasteiger charge is 2.28. The van der Waals surface area contributed by atoms with Crippen molar-refractivity contribution >= 4 is 34.2 Å². The van der Waals surface area contributed by atoms with Crippen molar-refractivity contribution in [3.63, 3.8) is 0 Å². The molecule has 0 bridgehead atoms. The predicted molar refractivity (Wildman–Crippen MR) is 130 cm³/mol. The van der Waals surface area contributed by atoms with Crippen molar-refractivity contribution in [2.45, 2.75) is 0 Å². The average Bonchev–Trinajstić information content (AvgIpc) is 3.11. The van der Waals surface area contributed by atoms with Gasteiger partial charge >= 0.3 is 0 Å². The van der Waals surface area contributed by atoms with E-state index in [-0.39, 0.29) is 11.7 Å². The number of carbonyl (C=O) groups excluding carboxylic acids is 1. The first kappa shape index (κ1) is 21.6. The Bertz CT molecular complexity index is 1140. The van der Waals surface area contributed by atoms with Crippen LogP contribution in [0.2, 0.25) is 0 Å². The SMILES string of the molecule is CN(C)CCN(C)c1ccc(N/C(=C2\C(=O)Nc3cc(F)ccc32)c2ccccc2)cc1. The molecule has 0 aliphatic carbocycles. The Hall–Kier alpha value is -3.64. The lowest BCUT2D eigenvalue weighted by Gasteiger charge is -2.22. The van der Waals surface area contributed by atoms with Crippen molar-refractivity contribution in [3.8, 4) is 0 Å². The van der Waals surface area contributed by atoms with Gasteiger partial charge < -0.3 is 20.4 Å². The molecule has 0 saturated carbocycles. The fourth-order valence-corrected chi connectivity index (χ4v) is 3.70. The zero-order valence-corrected chi connectivity index (χ0v) is 18.5. The monoisotopic (exact) mass is 430 g/mol. The molecule has 5 nitrogen and oxygen atoms in total. The van der Waals surface area contributed by atoms with Gasteiger partial charge in [-0.1, -0.05) is 30.3 Å². The summed E-state index contributed by atoms with van der Waals surface area (Å²) in [4.78, 5) is 17.2. The highest BCUT2D eigenvalue weighted by atomic mass is 19.1. The second-order valence-electron chi connectivity index (χ2n) is 8.16. The minimum Gasteiger partial charge on any atom is -0.373 e. The highest BCUT2D eigenvalue weighted by Crippen LogP contribution is 2.38. The Morgan fingerprint density at radius 1 is 0.938 bits per heavy atom. The highest BCUT2D eigenvalue weighted by molar-refractivity contribution is 6.37. The van der Waals surface area contributed by atoms with Crippen LogP contribution in [0.5, 0.6) is 0 Å². The number of nitrogens with one attached hydrogen (secondary N) is 2. The van der Waals surface area contributed by atoms with Crippen molar-refractivity contribution in [1.82, 2.24) is 4.90 Å². The molecule has 3 aromatic rings. The third-order valence-corrected chi connectivity index (χ3v) is 5.50. The lowest BCUT2D eigenvalue weighted by Crippen LogP contribution is -2.28. The van der Waals surface area contributed by atoms with E-state index in [2.05, 4.69) is 53.7 Å². The number of hydrogen-bond acceptors (Lipinski definition) is 4. The lowest BCUT2D eigenvalue weighted by atomic mass is 10.00. The summed E-state index contributed by atoms with van der Waals surface area (Å²) in [5.74, 6) is -0.634. The van der Waals surface area contributed by atoms with Gasteiger partial charge in [0.1, 0.15) is 5.82 Å². The first-order chi connectivity index (χ1) is 15.4. The molecule has 0 atom stereocenters. The lowest BCUT2D eigenvalue weighted by molar-refractivity contribution is -0.110. The molecular formula is C26H27FN4O. The van der Waals surface area contributed by atoms with Crippen LogP contribution in [0.3, 0.4) is 0 Å². The minimum atomic E-state index is -0.381. The smallest absolute Gasteiger partial charge is 0.258 e. The molecule has 0 saturated heterocycles. The number of anilines is 3. The molecule has 3 aromatic carbocycles. The number of hydrogen-bond donors (Lipinski definition) is 2. The third kappa shape index (κ3) is 4.65. The second-order valence-corrected chi connectivity index (χ2v) is 8.16. The number of halogens is 1. The van der Waals surface area contributed by atoms with Crippen LogP contribution in [0.4, 0.5) is 21.5 Å². The average molecular weight is 431 g/mol. The van der Waals surface area contributed by atoms with E-state index < -0.39 is 0 Å². The Morgan fingerprint density at radius 2 is 1.66 bits per heavy atom. The first-order valence-corrected chi connectivity index (χ1v) is 10.6. The number of fused-ring (bicyclic) bond motifs is 1. The van der Waals surface area contributed by atoms with Crippen LogP contribution < -0.4 is 15.5 Å². The Balaban J connectivity index is 1.68. The number of benzene rings is 3. The fraction of sp³-hybridized carbons (Fsp3) is 0.192. The number of rotatable bonds is 7. The quantitative estimate of drug-likeness (QED) is 0.531. The van der Waals surface area contributed by atoms with Gasteiger partial charge in [0.2, 0.25) is 0 Å². The Labute approximate surface area is 188 Å². The van der Waals surface area contributed by atoms with Crippen LogP contribution in [-0.2, 0) is 4.79 Å². The van der Waals surface area contributed by atoms with E-state index in [1.165, 1.54) is 12.1 Å². The summed E-state index contributed by atoms with van der Waals surface area (Å²) in [5.41, 5.74) is 5.21. The van der Waals surface area contributed by atoms with Crippen molar-refractivity contribution < 1.29 is 9.18 Å². The van der Waals surface area contributed by atoms with Gasteiger partial charge in [0, 0.05) is 37.1 Å². The van der Waals surface area contributed by atoms with Crippen molar-refractivity contribution in [1.29, 1.82) is 0 Å². The molecule has 0 aromatic heterocycles. The van der Waals surface area contributed by atoms with Crippen molar-refractivity contribution in [2.24, 2.45) is 0 Å². The molecule has 6 heteroatoms.